The molecular formula is C7H5F2N3. The topological polar surface area (TPSA) is 43.3 Å². The molecule has 0 atom stereocenters. The first kappa shape index (κ1) is 7.02. The van der Waals surface area contributed by atoms with Gasteiger partial charge in [-0.15, -0.1) is 0 Å². The van der Waals surface area contributed by atoms with Crippen molar-refractivity contribution >= 4 is 11.5 Å². The van der Waals surface area contributed by atoms with E-state index in [1.54, 1.807) is 0 Å². The fourth-order valence-corrected chi connectivity index (χ4v) is 0.994. The van der Waals surface area contributed by atoms with Crippen LogP contribution < -0.4 is 5.73 Å². The molecule has 0 radical (unpaired) electrons. The number of imidazole rings is 1. The Kier molecular flexibility index (Phi) is 1.27. The Morgan fingerprint density at radius 3 is 2.83 bits per heavy atom. The van der Waals surface area contributed by atoms with E-state index in [1.807, 2.05) is 0 Å². The van der Waals surface area contributed by atoms with Gasteiger partial charge >= 0.3 is 0 Å². The van der Waals surface area contributed by atoms with E-state index < -0.39 is 11.6 Å². The minimum atomic E-state index is -0.938. The van der Waals surface area contributed by atoms with Crippen molar-refractivity contribution in [2.45, 2.75) is 0 Å². The standard InChI is InChI=1S/C7H5F2N3/c8-4-1-7-11-2-6(10)12(7)3-5(4)9/h1-3H,10H2. The lowest BCUT2D eigenvalue weighted by Crippen LogP contribution is -1.95. The van der Waals surface area contributed by atoms with Crippen LogP contribution in [0.5, 0.6) is 0 Å². The number of nitrogens with zero attached hydrogens (tertiary/aromatic N) is 2. The largest absolute Gasteiger partial charge is 0.383 e. The predicted octanol–water partition coefficient (Wildman–Crippen LogP) is 1.19. The molecule has 0 amide bonds. The van der Waals surface area contributed by atoms with Crippen LogP contribution in [0.25, 0.3) is 5.65 Å². The molecule has 0 saturated carbocycles. The second-order valence-corrected chi connectivity index (χ2v) is 2.38. The van der Waals surface area contributed by atoms with E-state index in [0.717, 1.165) is 12.3 Å². The molecule has 0 aliphatic heterocycles. The molecule has 0 aromatic carbocycles. The highest BCUT2D eigenvalue weighted by Gasteiger charge is 2.06. The highest BCUT2D eigenvalue weighted by Crippen LogP contribution is 2.12. The third-order valence-corrected chi connectivity index (χ3v) is 1.58. The van der Waals surface area contributed by atoms with Gasteiger partial charge in [-0.3, -0.25) is 4.40 Å². The molecule has 0 unspecified atom stereocenters. The van der Waals surface area contributed by atoms with Crippen molar-refractivity contribution in [1.82, 2.24) is 9.38 Å². The number of fused-ring (bicyclic) bond motifs is 1. The van der Waals surface area contributed by atoms with Crippen molar-refractivity contribution in [1.29, 1.82) is 0 Å². The average molecular weight is 169 g/mol. The van der Waals surface area contributed by atoms with Crippen molar-refractivity contribution in [3.05, 3.63) is 30.1 Å². The summed E-state index contributed by atoms with van der Waals surface area (Å²) in [6.07, 6.45) is 2.31. The van der Waals surface area contributed by atoms with Gasteiger partial charge in [0, 0.05) is 6.07 Å². The van der Waals surface area contributed by atoms with Gasteiger partial charge in [0.25, 0.3) is 0 Å². The fourth-order valence-electron chi connectivity index (χ4n) is 0.994. The maximum atomic E-state index is 12.6. The maximum absolute atomic E-state index is 12.6. The van der Waals surface area contributed by atoms with Crippen molar-refractivity contribution in [3.63, 3.8) is 0 Å². The summed E-state index contributed by atoms with van der Waals surface area (Å²) in [6, 6.07) is 0.992. The van der Waals surface area contributed by atoms with Crippen LogP contribution in [-0.2, 0) is 0 Å². The summed E-state index contributed by atoms with van der Waals surface area (Å²) in [5, 5.41) is 0. The van der Waals surface area contributed by atoms with Crippen molar-refractivity contribution < 1.29 is 8.78 Å². The van der Waals surface area contributed by atoms with Gasteiger partial charge in [0.05, 0.1) is 12.4 Å². The molecular weight excluding hydrogens is 164 g/mol. The number of hydrogen-bond donors (Lipinski definition) is 1. The number of aromatic nitrogens is 2. The average Bonchev–Trinajstić information content (AvgIpc) is 2.35. The lowest BCUT2D eigenvalue weighted by molar-refractivity contribution is 0.503. The highest BCUT2D eigenvalue weighted by atomic mass is 19.2. The van der Waals surface area contributed by atoms with Crippen LogP contribution in [0.4, 0.5) is 14.6 Å². The van der Waals surface area contributed by atoms with Crippen molar-refractivity contribution in [2.24, 2.45) is 0 Å². The molecule has 12 heavy (non-hydrogen) atoms. The molecule has 0 aliphatic rings. The summed E-state index contributed by atoms with van der Waals surface area (Å²) in [6.45, 7) is 0. The summed E-state index contributed by atoms with van der Waals surface area (Å²) in [5.41, 5.74) is 5.70. The Morgan fingerprint density at radius 1 is 1.33 bits per heavy atom. The van der Waals surface area contributed by atoms with Gasteiger partial charge in [-0.05, 0) is 0 Å². The van der Waals surface area contributed by atoms with E-state index in [0.29, 0.717) is 5.65 Å². The van der Waals surface area contributed by atoms with E-state index in [1.165, 1.54) is 10.6 Å². The first-order valence-electron chi connectivity index (χ1n) is 3.26. The number of rotatable bonds is 0. The molecule has 0 bridgehead atoms. The molecule has 0 aliphatic carbocycles. The third-order valence-electron chi connectivity index (χ3n) is 1.58. The molecule has 2 aromatic heterocycles. The first-order chi connectivity index (χ1) is 5.68. The predicted molar refractivity (Wildman–Crippen MR) is 39.5 cm³/mol. The molecule has 2 rings (SSSR count). The summed E-state index contributed by atoms with van der Waals surface area (Å²) in [7, 11) is 0. The van der Waals surface area contributed by atoms with Gasteiger partial charge in [0.2, 0.25) is 0 Å². The number of hydrogen-bond acceptors (Lipinski definition) is 2. The Labute approximate surface area is 66.4 Å². The van der Waals surface area contributed by atoms with Crippen molar-refractivity contribution in [3.8, 4) is 0 Å². The monoisotopic (exact) mass is 169 g/mol. The second-order valence-electron chi connectivity index (χ2n) is 2.38. The third kappa shape index (κ3) is 0.827. The zero-order valence-electron chi connectivity index (χ0n) is 5.96. The zero-order chi connectivity index (χ0) is 8.72. The van der Waals surface area contributed by atoms with Crippen LogP contribution in [0.1, 0.15) is 0 Å². The molecule has 2 N–H and O–H groups in total. The van der Waals surface area contributed by atoms with E-state index in [-0.39, 0.29) is 5.82 Å². The lowest BCUT2D eigenvalue weighted by atomic mass is 10.4. The molecule has 3 nitrogen and oxygen atoms in total. The van der Waals surface area contributed by atoms with Crippen LogP contribution in [0.15, 0.2) is 18.5 Å². The smallest absolute Gasteiger partial charge is 0.175 e. The van der Waals surface area contributed by atoms with Crippen molar-refractivity contribution in [2.75, 3.05) is 5.73 Å². The molecule has 0 fully saturated rings. The minimum absolute atomic E-state index is 0.281. The van der Waals surface area contributed by atoms with Gasteiger partial charge < -0.3 is 5.73 Å². The van der Waals surface area contributed by atoms with Crippen LogP contribution in [-0.4, -0.2) is 9.38 Å². The van der Waals surface area contributed by atoms with E-state index in [4.69, 9.17) is 5.73 Å². The number of anilines is 1. The normalized spacial score (nSPS) is 10.8. The Bertz CT molecular complexity index is 435. The SMILES string of the molecule is Nc1cnc2cc(F)c(F)cn12. The molecule has 5 heteroatoms. The van der Waals surface area contributed by atoms with Crippen LogP contribution in [0.2, 0.25) is 0 Å². The van der Waals surface area contributed by atoms with E-state index >= 15 is 0 Å². The second kappa shape index (κ2) is 2.17. The van der Waals surface area contributed by atoms with Crippen LogP contribution in [0, 0.1) is 11.6 Å². The summed E-state index contributed by atoms with van der Waals surface area (Å²) in [4.78, 5) is 3.75. The quantitative estimate of drug-likeness (QED) is 0.643. The summed E-state index contributed by atoms with van der Waals surface area (Å²) >= 11 is 0. The Morgan fingerprint density at radius 2 is 2.08 bits per heavy atom. The molecule has 0 spiro atoms. The van der Waals surface area contributed by atoms with E-state index in [9.17, 15) is 8.78 Å². The zero-order valence-corrected chi connectivity index (χ0v) is 5.96. The Hall–Kier alpha value is -1.65. The summed E-state index contributed by atoms with van der Waals surface area (Å²) in [5.74, 6) is -1.58. The van der Waals surface area contributed by atoms with Gasteiger partial charge in [-0.25, -0.2) is 13.8 Å². The Balaban J connectivity index is 2.87. The van der Waals surface area contributed by atoms with Gasteiger partial charge in [-0.2, -0.15) is 0 Å². The number of nitrogens with two attached hydrogens (primary N) is 1. The fraction of sp³-hybridized carbons (Fsp3) is 0. The number of halogens is 2. The van der Waals surface area contributed by atoms with Gasteiger partial charge in [0.1, 0.15) is 11.5 Å². The molecule has 0 saturated heterocycles. The van der Waals surface area contributed by atoms with Gasteiger partial charge in [-0.1, -0.05) is 0 Å². The minimum Gasteiger partial charge on any atom is -0.383 e. The summed E-state index contributed by atoms with van der Waals surface area (Å²) < 4.78 is 26.5. The first-order valence-corrected chi connectivity index (χ1v) is 3.26. The molecule has 62 valence electrons. The lowest BCUT2D eigenvalue weighted by Gasteiger charge is -1.96. The van der Waals surface area contributed by atoms with Crippen LogP contribution >= 0.6 is 0 Å². The maximum Gasteiger partial charge on any atom is 0.175 e. The van der Waals surface area contributed by atoms with E-state index in [2.05, 4.69) is 4.98 Å². The van der Waals surface area contributed by atoms with Crippen LogP contribution in [0.3, 0.4) is 0 Å². The number of pyridine rings is 1. The highest BCUT2D eigenvalue weighted by molar-refractivity contribution is 5.47. The molecule has 2 heterocycles. The molecule has 2 aromatic rings. The van der Waals surface area contributed by atoms with Gasteiger partial charge in [0.15, 0.2) is 11.6 Å². The number of nitrogen functional groups attached to an aromatic ring is 1.